The van der Waals surface area contributed by atoms with Crippen molar-refractivity contribution >= 4 is 17.2 Å². The molecule has 0 aromatic carbocycles. The highest BCUT2D eigenvalue weighted by Crippen LogP contribution is 2.15. The Kier molecular flexibility index (Phi) is 3.39. The van der Waals surface area contributed by atoms with E-state index in [9.17, 15) is 4.79 Å². The molecule has 1 heterocycles. The number of hydrogen-bond acceptors (Lipinski definition) is 4. The van der Waals surface area contributed by atoms with Gasteiger partial charge in [0.25, 0.3) is 0 Å². The smallest absolute Gasteiger partial charge is 0.234 e. The van der Waals surface area contributed by atoms with E-state index in [0.717, 1.165) is 10.7 Å². The lowest BCUT2D eigenvalue weighted by Gasteiger charge is -1.98. The van der Waals surface area contributed by atoms with E-state index in [-0.39, 0.29) is 12.5 Å². The Morgan fingerprint density at radius 2 is 2.31 bits per heavy atom. The molecule has 0 saturated carbocycles. The van der Waals surface area contributed by atoms with E-state index in [1.165, 1.54) is 4.88 Å². The number of hydrogen-bond donors (Lipinski definition) is 2. The fraction of sp³-hybridized carbons (Fsp3) is 0.500. The molecule has 1 rings (SSSR count). The Morgan fingerprint density at radius 3 is 2.77 bits per heavy atom. The van der Waals surface area contributed by atoms with Gasteiger partial charge in [-0.1, -0.05) is 0 Å². The average Bonchev–Trinajstić information content (AvgIpc) is 2.42. The molecule has 4 nitrogen and oxygen atoms in total. The number of carbonyl (C=O) groups is 1. The number of carbonyl (C=O) groups excluding carboxylic acids is 1. The van der Waals surface area contributed by atoms with Crippen molar-refractivity contribution in [3.8, 4) is 0 Å². The number of nitrogens with zero attached hydrogens (tertiary/aromatic N) is 1. The number of amides is 1. The van der Waals surface area contributed by atoms with E-state index in [0.29, 0.717) is 6.54 Å². The van der Waals surface area contributed by atoms with Gasteiger partial charge >= 0.3 is 0 Å². The van der Waals surface area contributed by atoms with Crippen LogP contribution in [0.4, 0.5) is 0 Å². The monoisotopic (exact) mass is 199 g/mol. The van der Waals surface area contributed by atoms with Gasteiger partial charge in [0.2, 0.25) is 5.91 Å². The highest BCUT2D eigenvalue weighted by atomic mass is 32.1. The molecule has 0 radical (unpaired) electrons. The van der Waals surface area contributed by atoms with Gasteiger partial charge in [0, 0.05) is 4.88 Å². The van der Waals surface area contributed by atoms with E-state index >= 15 is 0 Å². The maximum atomic E-state index is 10.8. The first-order valence-corrected chi connectivity index (χ1v) is 4.84. The van der Waals surface area contributed by atoms with Crippen molar-refractivity contribution in [1.29, 1.82) is 0 Å². The molecule has 1 amide bonds. The molecule has 0 saturated heterocycles. The first-order chi connectivity index (χ1) is 6.13. The average molecular weight is 199 g/mol. The molecule has 5 heteroatoms. The van der Waals surface area contributed by atoms with Gasteiger partial charge in [-0.15, -0.1) is 11.3 Å². The third-order valence-electron chi connectivity index (χ3n) is 1.69. The molecule has 0 aliphatic heterocycles. The van der Waals surface area contributed by atoms with Crippen molar-refractivity contribution in [3.63, 3.8) is 0 Å². The fourth-order valence-corrected chi connectivity index (χ4v) is 1.73. The lowest BCUT2D eigenvalue weighted by molar-refractivity contribution is -0.119. The maximum absolute atomic E-state index is 10.8. The Morgan fingerprint density at radius 1 is 1.62 bits per heavy atom. The minimum atomic E-state index is -0.148. The summed E-state index contributed by atoms with van der Waals surface area (Å²) in [5, 5.41) is 3.60. The van der Waals surface area contributed by atoms with Crippen molar-refractivity contribution in [2.24, 2.45) is 5.73 Å². The first kappa shape index (κ1) is 10.1. The van der Waals surface area contributed by atoms with Gasteiger partial charge in [-0.25, -0.2) is 4.98 Å². The Labute approximate surface area is 81.2 Å². The standard InChI is InChI=1S/C8H13N3OS/c1-5-6(2)13-8(11-5)4-10-7(12)3-9/h3-4,9H2,1-2H3,(H,10,12). The lowest BCUT2D eigenvalue weighted by atomic mass is 10.4. The Balaban J connectivity index is 2.50. The van der Waals surface area contributed by atoms with Crippen LogP contribution in [-0.2, 0) is 11.3 Å². The lowest BCUT2D eigenvalue weighted by Crippen LogP contribution is -2.29. The highest BCUT2D eigenvalue weighted by molar-refractivity contribution is 7.11. The van der Waals surface area contributed by atoms with Gasteiger partial charge in [-0.05, 0) is 13.8 Å². The molecular weight excluding hydrogens is 186 g/mol. The SMILES string of the molecule is Cc1nc(CNC(=O)CN)sc1C. The van der Waals surface area contributed by atoms with Crippen LogP contribution >= 0.6 is 11.3 Å². The van der Waals surface area contributed by atoms with E-state index in [1.54, 1.807) is 11.3 Å². The van der Waals surface area contributed by atoms with Crippen LogP contribution in [0.5, 0.6) is 0 Å². The van der Waals surface area contributed by atoms with E-state index < -0.39 is 0 Å². The van der Waals surface area contributed by atoms with Crippen LogP contribution in [0.1, 0.15) is 15.6 Å². The molecule has 0 spiro atoms. The summed E-state index contributed by atoms with van der Waals surface area (Å²) in [6, 6.07) is 0. The van der Waals surface area contributed by atoms with Crippen molar-refractivity contribution in [2.45, 2.75) is 20.4 Å². The quantitative estimate of drug-likeness (QED) is 0.737. The summed E-state index contributed by atoms with van der Waals surface area (Å²) in [6.45, 7) is 4.49. The van der Waals surface area contributed by atoms with Crippen LogP contribution in [0.2, 0.25) is 0 Å². The number of nitrogens with one attached hydrogen (secondary N) is 1. The largest absolute Gasteiger partial charge is 0.348 e. The minimum Gasteiger partial charge on any atom is -0.348 e. The second-order valence-electron chi connectivity index (χ2n) is 2.73. The predicted octanol–water partition coefficient (Wildman–Crippen LogP) is 0.335. The zero-order valence-corrected chi connectivity index (χ0v) is 8.57. The summed E-state index contributed by atoms with van der Waals surface area (Å²) in [7, 11) is 0. The molecule has 0 aliphatic carbocycles. The van der Waals surface area contributed by atoms with Crippen LogP contribution in [0.25, 0.3) is 0 Å². The summed E-state index contributed by atoms with van der Waals surface area (Å²) in [5.74, 6) is -0.148. The number of rotatable bonds is 3. The van der Waals surface area contributed by atoms with Crippen LogP contribution < -0.4 is 11.1 Å². The molecule has 0 unspecified atom stereocenters. The normalized spacial score (nSPS) is 10.1. The topological polar surface area (TPSA) is 68.0 Å². The summed E-state index contributed by atoms with van der Waals surface area (Å²) >= 11 is 1.60. The summed E-state index contributed by atoms with van der Waals surface area (Å²) in [4.78, 5) is 16.3. The molecule has 0 bridgehead atoms. The minimum absolute atomic E-state index is 0.0311. The summed E-state index contributed by atoms with van der Waals surface area (Å²) in [5.41, 5.74) is 6.17. The maximum Gasteiger partial charge on any atom is 0.234 e. The molecule has 1 aromatic heterocycles. The van der Waals surface area contributed by atoms with E-state index in [1.807, 2.05) is 13.8 Å². The molecule has 0 fully saturated rings. The molecule has 13 heavy (non-hydrogen) atoms. The van der Waals surface area contributed by atoms with Crippen LogP contribution in [0.3, 0.4) is 0 Å². The second kappa shape index (κ2) is 4.34. The van der Waals surface area contributed by atoms with Gasteiger partial charge in [-0.2, -0.15) is 0 Å². The van der Waals surface area contributed by atoms with Gasteiger partial charge < -0.3 is 11.1 Å². The zero-order valence-electron chi connectivity index (χ0n) is 7.76. The van der Waals surface area contributed by atoms with E-state index in [4.69, 9.17) is 5.73 Å². The molecule has 1 aromatic rings. The summed E-state index contributed by atoms with van der Waals surface area (Å²) in [6.07, 6.45) is 0. The number of aryl methyl sites for hydroxylation is 2. The summed E-state index contributed by atoms with van der Waals surface area (Å²) < 4.78 is 0. The van der Waals surface area contributed by atoms with Crippen molar-refractivity contribution in [3.05, 3.63) is 15.6 Å². The molecular formula is C8H13N3OS. The third kappa shape index (κ3) is 2.78. The number of nitrogens with two attached hydrogens (primary N) is 1. The Hall–Kier alpha value is -0.940. The third-order valence-corrected chi connectivity index (χ3v) is 2.77. The second-order valence-corrected chi connectivity index (χ2v) is 4.02. The number of thiazole rings is 1. The van der Waals surface area contributed by atoms with Crippen molar-refractivity contribution in [1.82, 2.24) is 10.3 Å². The van der Waals surface area contributed by atoms with Crippen molar-refractivity contribution in [2.75, 3.05) is 6.54 Å². The number of aromatic nitrogens is 1. The first-order valence-electron chi connectivity index (χ1n) is 4.03. The van der Waals surface area contributed by atoms with Crippen LogP contribution in [-0.4, -0.2) is 17.4 Å². The molecule has 72 valence electrons. The molecule has 0 atom stereocenters. The Bertz CT molecular complexity index is 289. The highest BCUT2D eigenvalue weighted by Gasteiger charge is 2.04. The van der Waals surface area contributed by atoms with E-state index in [2.05, 4.69) is 10.3 Å². The predicted molar refractivity (Wildman–Crippen MR) is 52.5 cm³/mol. The fourth-order valence-electron chi connectivity index (χ4n) is 0.861. The zero-order chi connectivity index (χ0) is 9.84. The molecule has 0 aliphatic rings. The van der Waals surface area contributed by atoms with Crippen LogP contribution in [0, 0.1) is 13.8 Å². The van der Waals surface area contributed by atoms with Crippen molar-refractivity contribution < 1.29 is 4.79 Å². The van der Waals surface area contributed by atoms with Crippen LogP contribution in [0.15, 0.2) is 0 Å². The van der Waals surface area contributed by atoms with Gasteiger partial charge in [0.05, 0.1) is 18.8 Å². The van der Waals surface area contributed by atoms with Gasteiger partial charge in [0.1, 0.15) is 5.01 Å². The van der Waals surface area contributed by atoms with Gasteiger partial charge in [0.15, 0.2) is 0 Å². The molecule has 3 N–H and O–H groups in total. The van der Waals surface area contributed by atoms with Gasteiger partial charge in [-0.3, -0.25) is 4.79 Å².